The molecule has 0 aliphatic carbocycles. The van der Waals surface area contributed by atoms with Gasteiger partial charge in [0, 0.05) is 38.1 Å². The fourth-order valence-electron chi connectivity index (χ4n) is 4.13. The quantitative estimate of drug-likeness (QED) is 0.503. The van der Waals surface area contributed by atoms with Gasteiger partial charge in [-0.3, -0.25) is 9.30 Å². The van der Waals surface area contributed by atoms with Gasteiger partial charge in [-0.05, 0) is 43.5 Å². The summed E-state index contributed by atoms with van der Waals surface area (Å²) in [7, 11) is 0. The summed E-state index contributed by atoms with van der Waals surface area (Å²) >= 11 is 12.4. The number of rotatable bonds is 4. The standard InChI is InChI=1S/C20H20Cl2N6/c21-15-9-17(22)20-23-16(13-27(20)11-15)12-26-6-3-4-14(10-26)8-19-25-24-18-5-1-2-7-28(18)19/h1-2,5,7,9,11,13-14H,3-4,6,8,10,12H2. The van der Waals surface area contributed by atoms with Gasteiger partial charge in [0.25, 0.3) is 0 Å². The number of halogens is 2. The van der Waals surface area contributed by atoms with Crippen LogP contribution in [-0.4, -0.2) is 42.0 Å². The zero-order chi connectivity index (χ0) is 19.1. The van der Waals surface area contributed by atoms with Crippen LogP contribution in [0.5, 0.6) is 0 Å². The first kappa shape index (κ1) is 17.9. The molecule has 5 rings (SSSR count). The first-order valence-corrected chi connectivity index (χ1v) is 10.2. The maximum absolute atomic E-state index is 6.27. The third kappa shape index (κ3) is 3.48. The van der Waals surface area contributed by atoms with Crippen LogP contribution >= 0.6 is 23.2 Å². The summed E-state index contributed by atoms with van der Waals surface area (Å²) in [5.41, 5.74) is 2.67. The van der Waals surface area contributed by atoms with E-state index in [-0.39, 0.29) is 0 Å². The second-order valence-electron chi connectivity index (χ2n) is 7.46. The Kier molecular flexibility index (Phi) is 4.70. The summed E-state index contributed by atoms with van der Waals surface area (Å²) in [4.78, 5) is 7.16. The minimum atomic E-state index is 0.566. The minimum Gasteiger partial charge on any atom is -0.304 e. The summed E-state index contributed by atoms with van der Waals surface area (Å²) in [6.07, 6.45) is 9.23. The maximum atomic E-state index is 6.27. The van der Waals surface area contributed by atoms with E-state index in [0.717, 1.165) is 48.9 Å². The Morgan fingerprint density at radius 1 is 1.14 bits per heavy atom. The van der Waals surface area contributed by atoms with Crippen molar-refractivity contribution in [1.29, 1.82) is 0 Å². The number of imidazole rings is 1. The molecule has 28 heavy (non-hydrogen) atoms. The topological polar surface area (TPSA) is 50.7 Å². The molecule has 1 aliphatic rings. The van der Waals surface area contributed by atoms with Crippen LogP contribution in [0, 0.1) is 5.92 Å². The highest BCUT2D eigenvalue weighted by Gasteiger charge is 2.23. The lowest BCUT2D eigenvalue weighted by Gasteiger charge is -2.31. The molecule has 1 saturated heterocycles. The molecule has 5 heterocycles. The van der Waals surface area contributed by atoms with Gasteiger partial charge >= 0.3 is 0 Å². The largest absolute Gasteiger partial charge is 0.304 e. The lowest BCUT2D eigenvalue weighted by atomic mass is 9.94. The van der Waals surface area contributed by atoms with Crippen LogP contribution < -0.4 is 0 Å². The third-order valence-electron chi connectivity index (χ3n) is 5.37. The van der Waals surface area contributed by atoms with Gasteiger partial charge in [-0.2, -0.15) is 0 Å². The second-order valence-corrected chi connectivity index (χ2v) is 8.31. The van der Waals surface area contributed by atoms with E-state index >= 15 is 0 Å². The number of nitrogens with zero attached hydrogens (tertiary/aromatic N) is 6. The molecule has 0 radical (unpaired) electrons. The molecular weight excluding hydrogens is 395 g/mol. The van der Waals surface area contributed by atoms with Crippen LogP contribution in [0.25, 0.3) is 11.3 Å². The zero-order valence-electron chi connectivity index (χ0n) is 15.3. The van der Waals surface area contributed by atoms with Crippen molar-refractivity contribution < 1.29 is 0 Å². The number of pyridine rings is 2. The second kappa shape index (κ2) is 7.35. The Morgan fingerprint density at radius 2 is 2.07 bits per heavy atom. The Hall–Kier alpha value is -2.15. The third-order valence-corrected chi connectivity index (χ3v) is 5.85. The summed E-state index contributed by atoms with van der Waals surface area (Å²) < 4.78 is 4.00. The smallest absolute Gasteiger partial charge is 0.160 e. The number of aromatic nitrogens is 5. The molecule has 0 spiro atoms. The average Bonchev–Trinajstić information content (AvgIpc) is 3.26. The van der Waals surface area contributed by atoms with Gasteiger partial charge in [0.15, 0.2) is 11.3 Å². The van der Waals surface area contributed by atoms with Gasteiger partial charge in [-0.25, -0.2) is 4.98 Å². The Morgan fingerprint density at radius 3 is 3.00 bits per heavy atom. The number of fused-ring (bicyclic) bond motifs is 2. The van der Waals surface area contributed by atoms with Gasteiger partial charge < -0.3 is 4.40 Å². The van der Waals surface area contributed by atoms with Gasteiger partial charge in [-0.1, -0.05) is 29.3 Å². The highest BCUT2D eigenvalue weighted by atomic mass is 35.5. The fourth-order valence-corrected chi connectivity index (χ4v) is 4.66. The van der Waals surface area contributed by atoms with Crippen molar-refractivity contribution in [2.45, 2.75) is 25.8 Å². The van der Waals surface area contributed by atoms with Crippen molar-refractivity contribution in [2.75, 3.05) is 13.1 Å². The summed E-state index contributed by atoms with van der Waals surface area (Å²) in [6, 6.07) is 7.73. The molecule has 144 valence electrons. The minimum absolute atomic E-state index is 0.566. The predicted molar refractivity (Wildman–Crippen MR) is 110 cm³/mol. The monoisotopic (exact) mass is 414 g/mol. The van der Waals surface area contributed by atoms with E-state index in [1.165, 1.54) is 12.8 Å². The molecule has 0 aromatic carbocycles. The van der Waals surface area contributed by atoms with Crippen molar-refractivity contribution >= 4 is 34.5 Å². The van der Waals surface area contributed by atoms with Crippen molar-refractivity contribution in [3.05, 3.63) is 64.4 Å². The molecule has 1 unspecified atom stereocenters. The fraction of sp³-hybridized carbons (Fsp3) is 0.350. The number of hydrogen-bond donors (Lipinski definition) is 0. The van der Waals surface area contributed by atoms with Crippen LogP contribution in [0.15, 0.2) is 42.9 Å². The van der Waals surface area contributed by atoms with Crippen molar-refractivity contribution in [3.8, 4) is 0 Å². The molecule has 0 saturated carbocycles. The van der Waals surface area contributed by atoms with Gasteiger partial charge in [-0.15, -0.1) is 10.2 Å². The normalized spacial score (nSPS) is 18.3. The van der Waals surface area contributed by atoms with Crippen LogP contribution in [0.4, 0.5) is 0 Å². The Bertz CT molecular complexity index is 1130. The van der Waals surface area contributed by atoms with E-state index in [1.54, 1.807) is 6.07 Å². The number of hydrogen-bond acceptors (Lipinski definition) is 4. The van der Waals surface area contributed by atoms with E-state index in [0.29, 0.717) is 16.0 Å². The number of likely N-dealkylation sites (tertiary alicyclic amines) is 1. The maximum Gasteiger partial charge on any atom is 0.160 e. The SMILES string of the molecule is Clc1cc(Cl)c2nc(CN3CCCC(Cc4nnc5ccccn45)C3)cn2c1. The molecule has 0 bridgehead atoms. The molecule has 6 nitrogen and oxygen atoms in total. The van der Waals surface area contributed by atoms with Crippen LogP contribution in [0.3, 0.4) is 0 Å². The Balaban J connectivity index is 1.30. The Labute approximate surface area is 172 Å². The molecule has 0 N–H and O–H groups in total. The molecular formula is C20H20Cl2N6. The molecule has 4 aromatic heterocycles. The molecule has 8 heteroatoms. The number of piperidine rings is 1. The van der Waals surface area contributed by atoms with Gasteiger partial charge in [0.05, 0.1) is 15.7 Å². The lowest BCUT2D eigenvalue weighted by Crippen LogP contribution is -2.36. The van der Waals surface area contributed by atoms with Crippen molar-refractivity contribution in [1.82, 2.24) is 28.9 Å². The van der Waals surface area contributed by atoms with Gasteiger partial charge in [0.1, 0.15) is 5.82 Å². The van der Waals surface area contributed by atoms with Crippen LogP contribution in [0.2, 0.25) is 10.0 Å². The zero-order valence-corrected chi connectivity index (χ0v) is 16.8. The van der Waals surface area contributed by atoms with Crippen LogP contribution in [0.1, 0.15) is 24.4 Å². The van der Waals surface area contributed by atoms with E-state index in [9.17, 15) is 0 Å². The van der Waals surface area contributed by atoms with Gasteiger partial charge in [0.2, 0.25) is 0 Å². The summed E-state index contributed by atoms with van der Waals surface area (Å²) in [6.45, 7) is 2.93. The first-order chi connectivity index (χ1) is 13.7. The lowest BCUT2D eigenvalue weighted by molar-refractivity contribution is 0.164. The average molecular weight is 415 g/mol. The van der Waals surface area contributed by atoms with E-state index in [2.05, 4.69) is 19.5 Å². The molecule has 1 atom stereocenters. The molecule has 1 aliphatic heterocycles. The molecule has 1 fully saturated rings. The van der Waals surface area contributed by atoms with E-state index in [1.807, 2.05) is 41.2 Å². The van der Waals surface area contributed by atoms with E-state index in [4.69, 9.17) is 28.2 Å². The predicted octanol–water partition coefficient (Wildman–Crippen LogP) is 4.14. The highest BCUT2D eigenvalue weighted by molar-refractivity contribution is 6.36. The first-order valence-electron chi connectivity index (χ1n) is 9.49. The highest BCUT2D eigenvalue weighted by Crippen LogP contribution is 2.24. The van der Waals surface area contributed by atoms with Crippen molar-refractivity contribution in [2.24, 2.45) is 5.92 Å². The van der Waals surface area contributed by atoms with Crippen LogP contribution in [-0.2, 0) is 13.0 Å². The summed E-state index contributed by atoms with van der Waals surface area (Å²) in [5.74, 6) is 1.60. The molecule has 4 aromatic rings. The summed E-state index contributed by atoms with van der Waals surface area (Å²) in [5, 5.41) is 9.86. The van der Waals surface area contributed by atoms with Crippen molar-refractivity contribution in [3.63, 3.8) is 0 Å². The molecule has 0 amide bonds. The van der Waals surface area contributed by atoms with E-state index < -0.39 is 0 Å².